The number of aryl methyl sites for hydroxylation is 1. The number of alkyl halides is 3. The van der Waals surface area contributed by atoms with E-state index in [2.05, 4.69) is 20.3 Å². The lowest BCUT2D eigenvalue weighted by atomic mass is 10.1. The van der Waals surface area contributed by atoms with Crippen molar-refractivity contribution in [2.24, 2.45) is 0 Å². The predicted octanol–water partition coefficient (Wildman–Crippen LogP) is 2.39. The third-order valence-corrected chi connectivity index (χ3v) is 4.49. The lowest BCUT2D eigenvalue weighted by Crippen LogP contribution is -2.16. The summed E-state index contributed by atoms with van der Waals surface area (Å²) in [5.74, 6) is 0.0314. The second-order valence-electron chi connectivity index (χ2n) is 5.14. The van der Waals surface area contributed by atoms with Gasteiger partial charge in [-0.2, -0.15) is 13.2 Å². The van der Waals surface area contributed by atoms with Gasteiger partial charge in [-0.05, 0) is 24.1 Å². The molecule has 0 saturated heterocycles. The molecule has 0 aliphatic carbocycles. The van der Waals surface area contributed by atoms with Crippen LogP contribution >= 0.6 is 11.8 Å². The smallest absolute Gasteiger partial charge is 0.307 e. The van der Waals surface area contributed by atoms with Gasteiger partial charge in [0.05, 0.1) is 11.3 Å². The Bertz CT molecular complexity index is 804. The molecule has 9 heteroatoms. The highest BCUT2D eigenvalue weighted by atomic mass is 32.2. The van der Waals surface area contributed by atoms with E-state index in [0.717, 1.165) is 18.0 Å². The minimum atomic E-state index is -4.51. The molecule has 0 unspecified atom stereocenters. The minimum absolute atomic E-state index is 0.0314. The number of hydrogen-bond donors (Lipinski definition) is 2. The second kappa shape index (κ2) is 5.97. The number of fused-ring (bicyclic) bond motifs is 1. The van der Waals surface area contributed by atoms with Gasteiger partial charge in [0, 0.05) is 25.0 Å². The number of H-pyrrole nitrogens is 1. The lowest BCUT2D eigenvalue weighted by molar-refractivity contribution is -0.141. The Morgan fingerprint density at radius 3 is 2.87 bits per heavy atom. The molecule has 2 aromatic rings. The van der Waals surface area contributed by atoms with Crippen LogP contribution in [0.5, 0.6) is 0 Å². The number of halogens is 3. The number of rotatable bonds is 3. The average Bonchev–Trinajstić information content (AvgIpc) is 2.93. The van der Waals surface area contributed by atoms with Crippen LogP contribution in [-0.4, -0.2) is 15.0 Å². The van der Waals surface area contributed by atoms with E-state index < -0.39 is 11.9 Å². The first-order valence-corrected chi connectivity index (χ1v) is 7.82. The number of hydrogen-bond acceptors (Lipinski definition) is 5. The van der Waals surface area contributed by atoms with Gasteiger partial charge in [0.25, 0.3) is 5.56 Å². The Morgan fingerprint density at radius 1 is 1.35 bits per heavy atom. The summed E-state index contributed by atoms with van der Waals surface area (Å²) in [5, 5.41) is 3.33. The molecule has 0 spiro atoms. The van der Waals surface area contributed by atoms with E-state index in [1.54, 1.807) is 6.92 Å². The molecular weight excluding hydrogens is 329 g/mol. The molecule has 5 nitrogen and oxygen atoms in total. The number of nitrogens with zero attached hydrogens (tertiary/aromatic N) is 2. The topological polar surface area (TPSA) is 70.7 Å². The summed E-state index contributed by atoms with van der Waals surface area (Å²) < 4.78 is 39.1. The minimum Gasteiger partial charge on any atom is -0.307 e. The quantitative estimate of drug-likeness (QED) is 0.662. The van der Waals surface area contributed by atoms with E-state index in [0.29, 0.717) is 35.1 Å². The summed E-state index contributed by atoms with van der Waals surface area (Å²) in [5.41, 5.74) is 0.700. The zero-order chi connectivity index (χ0) is 16.6. The van der Waals surface area contributed by atoms with Crippen LogP contribution in [0.3, 0.4) is 0 Å². The molecular formula is C14H13F3N4OS. The van der Waals surface area contributed by atoms with E-state index in [1.807, 2.05) is 0 Å². The van der Waals surface area contributed by atoms with Gasteiger partial charge < -0.3 is 10.3 Å². The van der Waals surface area contributed by atoms with Crippen molar-refractivity contribution in [3.8, 4) is 0 Å². The second-order valence-corrected chi connectivity index (χ2v) is 6.11. The van der Waals surface area contributed by atoms with Crippen LogP contribution in [0.2, 0.25) is 0 Å². The maximum absolute atomic E-state index is 13.0. The average molecular weight is 342 g/mol. The Balaban J connectivity index is 1.87. The van der Waals surface area contributed by atoms with Crippen LogP contribution in [0.15, 0.2) is 22.2 Å². The lowest BCUT2D eigenvalue weighted by Gasteiger charge is -2.13. The summed E-state index contributed by atoms with van der Waals surface area (Å²) in [6.07, 6.45) is -3.36. The van der Waals surface area contributed by atoms with Crippen LogP contribution in [0, 0.1) is 6.92 Å². The molecule has 0 fully saturated rings. The fraction of sp³-hybridized carbons (Fsp3) is 0.357. The van der Waals surface area contributed by atoms with Crippen molar-refractivity contribution < 1.29 is 13.2 Å². The molecule has 3 heterocycles. The van der Waals surface area contributed by atoms with E-state index in [-0.39, 0.29) is 16.9 Å². The van der Waals surface area contributed by atoms with Gasteiger partial charge in [0.15, 0.2) is 5.16 Å². The summed E-state index contributed by atoms with van der Waals surface area (Å²) in [6, 6.07) is 1.54. The van der Waals surface area contributed by atoms with Gasteiger partial charge in [0.2, 0.25) is 0 Å². The molecule has 0 bridgehead atoms. The highest BCUT2D eigenvalue weighted by molar-refractivity contribution is 7.98. The van der Waals surface area contributed by atoms with Crippen molar-refractivity contribution in [2.45, 2.75) is 37.1 Å². The first-order chi connectivity index (χ1) is 10.9. The van der Waals surface area contributed by atoms with Crippen LogP contribution < -0.4 is 10.9 Å². The molecule has 0 amide bonds. The molecule has 122 valence electrons. The largest absolute Gasteiger partial charge is 0.433 e. The maximum atomic E-state index is 13.0. The number of pyridine rings is 1. The van der Waals surface area contributed by atoms with Crippen LogP contribution in [0.25, 0.3) is 0 Å². The van der Waals surface area contributed by atoms with E-state index in [4.69, 9.17) is 0 Å². The Morgan fingerprint density at radius 2 is 2.13 bits per heavy atom. The molecule has 1 aliphatic rings. The molecule has 0 saturated carbocycles. The Labute approximate surface area is 133 Å². The molecule has 2 N–H and O–H groups in total. The fourth-order valence-corrected chi connectivity index (χ4v) is 3.37. The van der Waals surface area contributed by atoms with Crippen LogP contribution in [0.1, 0.15) is 28.1 Å². The predicted molar refractivity (Wildman–Crippen MR) is 78.9 cm³/mol. The number of aromatic nitrogens is 3. The van der Waals surface area contributed by atoms with E-state index >= 15 is 0 Å². The van der Waals surface area contributed by atoms with Gasteiger partial charge in [-0.25, -0.2) is 4.98 Å². The van der Waals surface area contributed by atoms with E-state index in [9.17, 15) is 18.0 Å². The first-order valence-electron chi connectivity index (χ1n) is 6.83. The summed E-state index contributed by atoms with van der Waals surface area (Å²) in [7, 11) is 0. The summed E-state index contributed by atoms with van der Waals surface area (Å²) >= 11 is 1.06. The van der Waals surface area contributed by atoms with Gasteiger partial charge in [-0.1, -0.05) is 11.8 Å². The molecule has 0 radical (unpaired) electrons. The highest BCUT2D eigenvalue weighted by Gasteiger charge is 2.35. The van der Waals surface area contributed by atoms with Crippen molar-refractivity contribution in [2.75, 3.05) is 0 Å². The fourth-order valence-electron chi connectivity index (χ4n) is 2.38. The summed E-state index contributed by atoms with van der Waals surface area (Å²) in [6.45, 7) is 2.56. The third kappa shape index (κ3) is 3.25. The van der Waals surface area contributed by atoms with Crippen molar-refractivity contribution in [3.63, 3.8) is 0 Å². The normalized spacial score (nSPS) is 14.1. The molecule has 0 aromatic carbocycles. The Kier molecular flexibility index (Phi) is 4.15. The highest BCUT2D eigenvalue weighted by Crippen LogP contribution is 2.34. The summed E-state index contributed by atoms with van der Waals surface area (Å²) in [4.78, 5) is 22.3. The van der Waals surface area contributed by atoms with Gasteiger partial charge in [-0.15, -0.1) is 0 Å². The standard InChI is InChI=1S/C14H13F3N4OS/c1-7-2-3-19-11(14(15,16)17)9(7)6-23-13-20-10-5-18-4-8(10)12(22)21-13/h2-3,18H,4-6H2,1H3,(H,20,21,22). The van der Waals surface area contributed by atoms with E-state index in [1.165, 1.54) is 6.07 Å². The molecule has 1 aliphatic heterocycles. The maximum Gasteiger partial charge on any atom is 0.433 e. The number of aromatic amines is 1. The van der Waals surface area contributed by atoms with Crippen LogP contribution in [0.4, 0.5) is 13.2 Å². The van der Waals surface area contributed by atoms with Crippen molar-refractivity contribution in [1.29, 1.82) is 0 Å². The Hall–Kier alpha value is -1.87. The molecule has 23 heavy (non-hydrogen) atoms. The zero-order valence-electron chi connectivity index (χ0n) is 12.1. The molecule has 2 aromatic heterocycles. The zero-order valence-corrected chi connectivity index (χ0v) is 12.9. The molecule has 3 rings (SSSR count). The van der Waals surface area contributed by atoms with Crippen molar-refractivity contribution >= 4 is 11.8 Å². The van der Waals surface area contributed by atoms with Gasteiger partial charge in [0.1, 0.15) is 5.69 Å². The van der Waals surface area contributed by atoms with Crippen molar-refractivity contribution in [3.05, 3.63) is 50.7 Å². The van der Waals surface area contributed by atoms with Gasteiger partial charge >= 0.3 is 6.18 Å². The van der Waals surface area contributed by atoms with Crippen molar-refractivity contribution in [1.82, 2.24) is 20.3 Å². The monoisotopic (exact) mass is 342 g/mol. The number of nitrogens with one attached hydrogen (secondary N) is 2. The first kappa shape index (κ1) is 16.0. The number of thioether (sulfide) groups is 1. The third-order valence-electron chi connectivity index (χ3n) is 3.59. The van der Waals surface area contributed by atoms with Crippen LogP contribution in [-0.2, 0) is 25.0 Å². The van der Waals surface area contributed by atoms with Gasteiger partial charge in [-0.3, -0.25) is 9.78 Å². The SMILES string of the molecule is Cc1ccnc(C(F)(F)F)c1CSc1nc2c(c(=O)[nH]1)CNC2. The molecule has 0 atom stereocenters.